The van der Waals surface area contributed by atoms with Gasteiger partial charge in [0.25, 0.3) is 5.91 Å². The first-order chi connectivity index (χ1) is 9.79. The number of benzene rings is 1. The highest BCUT2D eigenvalue weighted by atomic mass is 16.3. The lowest BCUT2D eigenvalue weighted by Crippen LogP contribution is -2.30. The van der Waals surface area contributed by atoms with Gasteiger partial charge in [-0.05, 0) is 25.1 Å². The SMILES string of the molecule is CCN(Cc1ccco1)C(=O)c1c[nH]c2ccccc12. The maximum atomic E-state index is 12.6. The second kappa shape index (κ2) is 5.25. The monoisotopic (exact) mass is 268 g/mol. The molecule has 3 rings (SSSR count). The number of fused-ring (bicyclic) bond motifs is 1. The zero-order valence-corrected chi connectivity index (χ0v) is 11.3. The zero-order chi connectivity index (χ0) is 13.9. The van der Waals surface area contributed by atoms with Crippen LogP contribution < -0.4 is 0 Å². The Labute approximate surface area is 117 Å². The van der Waals surface area contributed by atoms with Gasteiger partial charge in [-0.3, -0.25) is 4.79 Å². The Bertz CT molecular complexity index is 713. The Morgan fingerprint density at radius 2 is 2.10 bits per heavy atom. The molecular formula is C16H16N2O2. The predicted octanol–water partition coefficient (Wildman–Crippen LogP) is 3.42. The highest BCUT2D eigenvalue weighted by Crippen LogP contribution is 2.20. The molecule has 2 aromatic heterocycles. The molecule has 102 valence electrons. The molecule has 4 heteroatoms. The number of nitrogens with zero attached hydrogens (tertiary/aromatic N) is 1. The first-order valence-corrected chi connectivity index (χ1v) is 6.67. The average Bonchev–Trinajstić information content (AvgIpc) is 3.13. The lowest BCUT2D eigenvalue weighted by atomic mass is 10.1. The molecule has 0 bridgehead atoms. The van der Waals surface area contributed by atoms with Crippen molar-refractivity contribution < 1.29 is 9.21 Å². The lowest BCUT2D eigenvalue weighted by molar-refractivity contribution is 0.0743. The number of hydrogen-bond acceptors (Lipinski definition) is 2. The van der Waals surface area contributed by atoms with Crippen LogP contribution in [0, 0.1) is 0 Å². The Morgan fingerprint density at radius 1 is 1.25 bits per heavy atom. The van der Waals surface area contributed by atoms with Gasteiger partial charge in [-0.1, -0.05) is 18.2 Å². The van der Waals surface area contributed by atoms with Crippen LogP contribution in [0.3, 0.4) is 0 Å². The second-order valence-corrected chi connectivity index (χ2v) is 4.65. The number of H-pyrrole nitrogens is 1. The number of para-hydroxylation sites is 1. The third kappa shape index (κ3) is 2.20. The molecule has 1 amide bonds. The molecule has 4 nitrogen and oxygen atoms in total. The van der Waals surface area contributed by atoms with E-state index in [1.54, 1.807) is 17.4 Å². The number of aromatic amines is 1. The van der Waals surface area contributed by atoms with Gasteiger partial charge in [0.15, 0.2) is 0 Å². The molecule has 1 aromatic carbocycles. The highest BCUT2D eigenvalue weighted by Gasteiger charge is 2.18. The predicted molar refractivity (Wildman–Crippen MR) is 77.4 cm³/mol. The topological polar surface area (TPSA) is 49.2 Å². The fourth-order valence-electron chi connectivity index (χ4n) is 2.34. The van der Waals surface area contributed by atoms with Crippen molar-refractivity contribution in [2.75, 3.05) is 6.54 Å². The van der Waals surface area contributed by atoms with Gasteiger partial charge < -0.3 is 14.3 Å². The van der Waals surface area contributed by atoms with E-state index in [1.165, 1.54) is 0 Å². The molecule has 1 N–H and O–H groups in total. The molecule has 0 aliphatic heterocycles. The molecule has 0 unspecified atom stereocenters. The Morgan fingerprint density at radius 3 is 2.85 bits per heavy atom. The number of aromatic nitrogens is 1. The first kappa shape index (κ1) is 12.5. The average molecular weight is 268 g/mol. The van der Waals surface area contributed by atoms with Crippen LogP contribution in [0.15, 0.2) is 53.3 Å². The number of amides is 1. The summed E-state index contributed by atoms with van der Waals surface area (Å²) >= 11 is 0. The summed E-state index contributed by atoms with van der Waals surface area (Å²) in [6.07, 6.45) is 3.40. The summed E-state index contributed by atoms with van der Waals surface area (Å²) < 4.78 is 5.32. The molecular weight excluding hydrogens is 252 g/mol. The van der Waals surface area contributed by atoms with Crippen molar-refractivity contribution >= 4 is 16.8 Å². The summed E-state index contributed by atoms with van der Waals surface area (Å²) in [7, 11) is 0. The van der Waals surface area contributed by atoms with E-state index < -0.39 is 0 Å². The highest BCUT2D eigenvalue weighted by molar-refractivity contribution is 6.06. The number of hydrogen-bond donors (Lipinski definition) is 1. The van der Waals surface area contributed by atoms with Gasteiger partial charge in [0.05, 0.1) is 18.4 Å². The number of nitrogens with one attached hydrogen (secondary N) is 1. The fraction of sp³-hybridized carbons (Fsp3) is 0.188. The minimum Gasteiger partial charge on any atom is -0.467 e. The molecule has 0 atom stereocenters. The second-order valence-electron chi connectivity index (χ2n) is 4.65. The molecule has 20 heavy (non-hydrogen) atoms. The Kier molecular flexibility index (Phi) is 3.29. The van der Waals surface area contributed by atoms with Crippen molar-refractivity contribution in [3.8, 4) is 0 Å². The van der Waals surface area contributed by atoms with Gasteiger partial charge in [0.2, 0.25) is 0 Å². The van der Waals surface area contributed by atoms with E-state index in [-0.39, 0.29) is 5.91 Å². The Balaban J connectivity index is 1.90. The zero-order valence-electron chi connectivity index (χ0n) is 11.3. The van der Waals surface area contributed by atoms with Crippen LogP contribution >= 0.6 is 0 Å². The molecule has 0 saturated heterocycles. The van der Waals surface area contributed by atoms with Crippen LogP contribution in [0.1, 0.15) is 23.0 Å². The quantitative estimate of drug-likeness (QED) is 0.788. The fourth-order valence-corrected chi connectivity index (χ4v) is 2.34. The summed E-state index contributed by atoms with van der Waals surface area (Å²) in [5, 5.41) is 0.954. The number of carbonyl (C=O) groups is 1. The summed E-state index contributed by atoms with van der Waals surface area (Å²) in [6, 6.07) is 11.5. The van der Waals surface area contributed by atoms with Crippen LogP contribution in [-0.4, -0.2) is 22.3 Å². The first-order valence-electron chi connectivity index (χ1n) is 6.67. The van der Waals surface area contributed by atoms with Crippen LogP contribution in [-0.2, 0) is 6.54 Å². The van der Waals surface area contributed by atoms with Gasteiger partial charge in [-0.2, -0.15) is 0 Å². The standard InChI is InChI=1S/C16H16N2O2/c1-2-18(11-12-6-5-9-20-12)16(19)14-10-17-15-8-4-3-7-13(14)15/h3-10,17H,2,11H2,1H3. The van der Waals surface area contributed by atoms with Gasteiger partial charge in [0, 0.05) is 23.6 Å². The summed E-state index contributed by atoms with van der Waals surface area (Å²) in [5.41, 5.74) is 1.68. The van der Waals surface area contributed by atoms with E-state index in [1.807, 2.05) is 43.3 Å². The molecule has 3 aromatic rings. The molecule has 0 spiro atoms. The normalized spacial score (nSPS) is 10.8. The Hall–Kier alpha value is -2.49. The van der Waals surface area contributed by atoms with Crippen molar-refractivity contribution in [1.29, 1.82) is 0 Å². The van der Waals surface area contributed by atoms with Gasteiger partial charge in [-0.15, -0.1) is 0 Å². The van der Waals surface area contributed by atoms with Crippen molar-refractivity contribution in [1.82, 2.24) is 9.88 Å². The van der Waals surface area contributed by atoms with Crippen molar-refractivity contribution in [2.24, 2.45) is 0 Å². The maximum Gasteiger partial charge on any atom is 0.256 e. The summed E-state index contributed by atoms with van der Waals surface area (Å²) in [4.78, 5) is 17.5. The van der Waals surface area contributed by atoms with Gasteiger partial charge in [-0.25, -0.2) is 0 Å². The van der Waals surface area contributed by atoms with Crippen LogP contribution in [0.25, 0.3) is 10.9 Å². The molecule has 0 aliphatic carbocycles. The van der Waals surface area contributed by atoms with Crippen LogP contribution in [0.2, 0.25) is 0 Å². The number of furan rings is 1. The van der Waals surface area contributed by atoms with Crippen molar-refractivity contribution in [2.45, 2.75) is 13.5 Å². The molecule has 0 radical (unpaired) electrons. The minimum atomic E-state index is 0.0151. The number of rotatable bonds is 4. The van der Waals surface area contributed by atoms with Gasteiger partial charge in [0.1, 0.15) is 5.76 Å². The summed E-state index contributed by atoms with van der Waals surface area (Å²) in [5.74, 6) is 0.807. The van der Waals surface area contributed by atoms with Crippen molar-refractivity contribution in [3.05, 3.63) is 60.2 Å². The van der Waals surface area contributed by atoms with E-state index in [2.05, 4.69) is 4.98 Å². The molecule has 2 heterocycles. The van der Waals surface area contributed by atoms with E-state index in [4.69, 9.17) is 4.42 Å². The van der Waals surface area contributed by atoms with E-state index >= 15 is 0 Å². The lowest BCUT2D eigenvalue weighted by Gasteiger charge is -2.19. The minimum absolute atomic E-state index is 0.0151. The summed E-state index contributed by atoms with van der Waals surface area (Å²) in [6.45, 7) is 3.09. The van der Waals surface area contributed by atoms with Crippen LogP contribution in [0.4, 0.5) is 0 Å². The van der Waals surface area contributed by atoms with E-state index in [9.17, 15) is 4.79 Å². The molecule has 0 aliphatic rings. The van der Waals surface area contributed by atoms with E-state index in [0.29, 0.717) is 18.7 Å². The van der Waals surface area contributed by atoms with E-state index in [0.717, 1.165) is 16.7 Å². The molecule has 0 saturated carbocycles. The van der Waals surface area contributed by atoms with Crippen molar-refractivity contribution in [3.63, 3.8) is 0 Å². The largest absolute Gasteiger partial charge is 0.467 e. The maximum absolute atomic E-state index is 12.6. The van der Waals surface area contributed by atoms with Gasteiger partial charge >= 0.3 is 0 Å². The third-order valence-corrected chi connectivity index (χ3v) is 3.42. The smallest absolute Gasteiger partial charge is 0.256 e. The molecule has 0 fully saturated rings. The third-order valence-electron chi connectivity index (χ3n) is 3.42. The number of carbonyl (C=O) groups excluding carboxylic acids is 1. The van der Waals surface area contributed by atoms with Crippen LogP contribution in [0.5, 0.6) is 0 Å².